The Labute approximate surface area is 69.6 Å². The molecule has 0 unspecified atom stereocenters. The summed E-state index contributed by atoms with van der Waals surface area (Å²) in [5.41, 5.74) is 0.590. The van der Waals surface area contributed by atoms with Crippen molar-refractivity contribution in [3.8, 4) is 0 Å². The number of anilines is 1. The average Bonchev–Trinajstić information content (AvgIpc) is 1.94. The fourth-order valence-electron chi connectivity index (χ4n) is 0.726. The molecule has 0 aliphatic rings. The van der Waals surface area contributed by atoms with Gasteiger partial charge in [0.15, 0.2) is 5.15 Å². The molecule has 4 heteroatoms. The normalized spacial score (nSPS) is 9.82. The molecule has 0 saturated heterocycles. The summed E-state index contributed by atoms with van der Waals surface area (Å²) in [5, 5.41) is 0.316. The largest absolute Gasteiger partial charge is 0.375 e. The van der Waals surface area contributed by atoms with E-state index in [0.717, 1.165) is 6.20 Å². The van der Waals surface area contributed by atoms with Crippen LogP contribution in [0.15, 0.2) is 12.3 Å². The van der Waals surface area contributed by atoms with Crippen molar-refractivity contribution in [3.05, 3.63) is 23.2 Å². The van der Waals surface area contributed by atoms with Crippen molar-refractivity contribution in [2.75, 3.05) is 19.0 Å². The smallest absolute Gasteiger partial charge is 0.152 e. The van der Waals surface area contributed by atoms with Crippen molar-refractivity contribution in [1.82, 2.24) is 4.98 Å². The maximum atomic E-state index is 12.6. The first-order chi connectivity index (χ1) is 5.11. The zero-order valence-electron chi connectivity index (χ0n) is 6.31. The Bertz CT molecular complexity index is 263. The molecule has 0 fully saturated rings. The van der Waals surface area contributed by atoms with E-state index in [1.165, 1.54) is 6.07 Å². The molecule has 1 aromatic rings. The van der Waals surface area contributed by atoms with Gasteiger partial charge in [-0.05, 0) is 0 Å². The van der Waals surface area contributed by atoms with Crippen LogP contribution in [0, 0.1) is 5.82 Å². The van der Waals surface area contributed by atoms with Gasteiger partial charge in [0.1, 0.15) is 5.82 Å². The van der Waals surface area contributed by atoms with E-state index in [-0.39, 0.29) is 5.82 Å². The SMILES string of the molecule is CN(C)c1cc(F)cnc1Cl. The Hall–Kier alpha value is -0.830. The molecule has 0 aliphatic carbocycles. The minimum atomic E-state index is -0.377. The van der Waals surface area contributed by atoms with Gasteiger partial charge in [-0.3, -0.25) is 0 Å². The topological polar surface area (TPSA) is 16.1 Å². The lowest BCUT2D eigenvalue weighted by Gasteiger charge is -2.12. The van der Waals surface area contributed by atoms with Crippen molar-refractivity contribution in [3.63, 3.8) is 0 Å². The van der Waals surface area contributed by atoms with Crippen LogP contribution in [0.1, 0.15) is 0 Å². The maximum Gasteiger partial charge on any atom is 0.152 e. The molecule has 0 N–H and O–H groups in total. The fourth-order valence-corrected chi connectivity index (χ4v) is 0.998. The highest BCUT2D eigenvalue weighted by atomic mass is 35.5. The molecule has 1 aromatic heterocycles. The lowest BCUT2D eigenvalue weighted by molar-refractivity contribution is 0.621. The highest BCUT2D eigenvalue weighted by Gasteiger charge is 2.03. The molecule has 0 saturated carbocycles. The molecule has 0 amide bonds. The number of rotatable bonds is 1. The monoisotopic (exact) mass is 174 g/mol. The summed E-state index contributed by atoms with van der Waals surface area (Å²) in [6, 6.07) is 1.34. The molecule has 0 aromatic carbocycles. The molecule has 0 radical (unpaired) electrons. The minimum Gasteiger partial charge on any atom is -0.375 e. The van der Waals surface area contributed by atoms with Gasteiger partial charge >= 0.3 is 0 Å². The second-order valence-electron chi connectivity index (χ2n) is 2.36. The first-order valence-corrected chi connectivity index (χ1v) is 3.47. The molecule has 0 aliphatic heterocycles. The van der Waals surface area contributed by atoms with Crippen LogP contribution in [0.3, 0.4) is 0 Å². The molecule has 0 atom stereocenters. The standard InChI is InChI=1S/C7H8ClFN2/c1-11(2)6-3-5(9)4-10-7(6)8/h3-4H,1-2H3. The molecule has 11 heavy (non-hydrogen) atoms. The Balaban J connectivity index is 3.13. The molecular weight excluding hydrogens is 167 g/mol. The van der Waals surface area contributed by atoms with E-state index in [1.807, 2.05) is 0 Å². The zero-order valence-corrected chi connectivity index (χ0v) is 7.06. The lowest BCUT2D eigenvalue weighted by atomic mass is 10.4. The maximum absolute atomic E-state index is 12.6. The van der Waals surface area contributed by atoms with Crippen LogP contribution >= 0.6 is 11.6 Å². The van der Waals surface area contributed by atoms with Crippen molar-refractivity contribution < 1.29 is 4.39 Å². The first-order valence-electron chi connectivity index (χ1n) is 3.09. The number of aromatic nitrogens is 1. The second-order valence-corrected chi connectivity index (χ2v) is 2.72. The Morgan fingerprint density at radius 1 is 1.55 bits per heavy atom. The van der Waals surface area contributed by atoms with Gasteiger partial charge in [-0.2, -0.15) is 0 Å². The summed E-state index contributed by atoms with van der Waals surface area (Å²) >= 11 is 5.67. The van der Waals surface area contributed by atoms with Gasteiger partial charge in [-0.25, -0.2) is 9.37 Å². The van der Waals surface area contributed by atoms with E-state index in [2.05, 4.69) is 4.98 Å². The molecule has 60 valence electrons. The summed E-state index contributed by atoms with van der Waals surface area (Å²) < 4.78 is 12.6. The van der Waals surface area contributed by atoms with Crippen LogP contribution in [0.2, 0.25) is 5.15 Å². The predicted octanol–water partition coefficient (Wildman–Crippen LogP) is 1.94. The van der Waals surface area contributed by atoms with Crippen LogP contribution in [-0.4, -0.2) is 19.1 Å². The van der Waals surface area contributed by atoms with Crippen LogP contribution in [0.5, 0.6) is 0 Å². The average molecular weight is 175 g/mol. The molecule has 2 nitrogen and oxygen atoms in total. The number of hydrogen-bond donors (Lipinski definition) is 0. The van der Waals surface area contributed by atoms with Gasteiger partial charge in [0.2, 0.25) is 0 Å². The summed E-state index contributed by atoms with van der Waals surface area (Å²) in [6.45, 7) is 0. The summed E-state index contributed by atoms with van der Waals surface area (Å²) in [6.07, 6.45) is 1.09. The number of pyridine rings is 1. The van der Waals surface area contributed by atoms with E-state index < -0.39 is 0 Å². The lowest BCUT2D eigenvalue weighted by Crippen LogP contribution is -2.10. The summed E-state index contributed by atoms with van der Waals surface area (Å²) in [7, 11) is 3.56. The van der Waals surface area contributed by atoms with Crippen LogP contribution in [0.25, 0.3) is 0 Å². The third kappa shape index (κ3) is 1.80. The number of nitrogens with zero attached hydrogens (tertiary/aromatic N) is 2. The van der Waals surface area contributed by atoms with Gasteiger partial charge in [-0.15, -0.1) is 0 Å². The summed E-state index contributed by atoms with van der Waals surface area (Å²) in [4.78, 5) is 5.36. The van der Waals surface area contributed by atoms with Crippen molar-refractivity contribution in [2.24, 2.45) is 0 Å². The highest BCUT2D eigenvalue weighted by Crippen LogP contribution is 2.21. The second kappa shape index (κ2) is 3.05. The van der Waals surface area contributed by atoms with Crippen molar-refractivity contribution >= 4 is 17.3 Å². The molecule has 0 spiro atoms. The van der Waals surface area contributed by atoms with E-state index >= 15 is 0 Å². The third-order valence-corrected chi connectivity index (χ3v) is 1.56. The highest BCUT2D eigenvalue weighted by molar-refractivity contribution is 6.31. The molecule has 1 heterocycles. The van der Waals surface area contributed by atoms with Crippen LogP contribution < -0.4 is 4.90 Å². The molecule has 0 bridgehead atoms. The zero-order chi connectivity index (χ0) is 8.43. The minimum absolute atomic E-state index is 0.316. The summed E-state index contributed by atoms with van der Waals surface area (Å²) in [5.74, 6) is -0.377. The Morgan fingerprint density at radius 2 is 2.18 bits per heavy atom. The number of halogens is 2. The van der Waals surface area contributed by atoms with E-state index in [0.29, 0.717) is 10.8 Å². The van der Waals surface area contributed by atoms with Gasteiger partial charge in [0.25, 0.3) is 0 Å². The Morgan fingerprint density at radius 3 is 2.64 bits per heavy atom. The van der Waals surface area contributed by atoms with Gasteiger partial charge in [0, 0.05) is 20.2 Å². The van der Waals surface area contributed by atoms with Crippen LogP contribution in [0.4, 0.5) is 10.1 Å². The van der Waals surface area contributed by atoms with Crippen LogP contribution in [-0.2, 0) is 0 Å². The molecular formula is C7H8ClFN2. The van der Waals surface area contributed by atoms with Gasteiger partial charge < -0.3 is 4.90 Å². The van der Waals surface area contributed by atoms with Crippen molar-refractivity contribution in [2.45, 2.75) is 0 Å². The van der Waals surface area contributed by atoms with Crippen molar-refractivity contribution in [1.29, 1.82) is 0 Å². The first kappa shape index (κ1) is 8.27. The van der Waals surface area contributed by atoms with Gasteiger partial charge in [0.05, 0.1) is 11.9 Å². The van der Waals surface area contributed by atoms with E-state index in [4.69, 9.17) is 11.6 Å². The molecule has 1 rings (SSSR count). The predicted molar refractivity (Wildman–Crippen MR) is 43.5 cm³/mol. The van der Waals surface area contributed by atoms with E-state index in [1.54, 1.807) is 19.0 Å². The third-order valence-electron chi connectivity index (χ3n) is 1.27. The van der Waals surface area contributed by atoms with E-state index in [9.17, 15) is 4.39 Å². The van der Waals surface area contributed by atoms with Gasteiger partial charge in [-0.1, -0.05) is 11.6 Å². The quantitative estimate of drug-likeness (QED) is 0.605. The Kier molecular flexibility index (Phi) is 2.29. The number of hydrogen-bond acceptors (Lipinski definition) is 2. The fraction of sp³-hybridized carbons (Fsp3) is 0.286.